The maximum Gasteiger partial charge on any atom is 0.233 e. The van der Waals surface area contributed by atoms with Crippen LogP contribution in [-0.4, -0.2) is 54.7 Å². The van der Waals surface area contributed by atoms with Gasteiger partial charge in [-0.05, 0) is 30.8 Å². The van der Waals surface area contributed by atoms with E-state index in [1.54, 1.807) is 18.9 Å². The van der Waals surface area contributed by atoms with Crippen LogP contribution >= 0.6 is 11.8 Å². The number of ether oxygens (including phenoxy) is 1. The second-order valence-corrected chi connectivity index (χ2v) is 6.12. The summed E-state index contributed by atoms with van der Waals surface area (Å²) in [6, 6.07) is 8.03. The minimum absolute atomic E-state index is 0.138. The van der Waals surface area contributed by atoms with Crippen LogP contribution in [0.1, 0.15) is 24.8 Å². The fraction of sp³-hybridized carbons (Fsp3) is 0.562. The van der Waals surface area contributed by atoms with Gasteiger partial charge in [-0.2, -0.15) is 0 Å². The largest absolute Gasteiger partial charge is 0.497 e. The molecule has 0 bridgehead atoms. The molecule has 0 saturated carbocycles. The lowest BCUT2D eigenvalue weighted by Crippen LogP contribution is -2.37. The number of hydrogen-bond donors (Lipinski definition) is 0. The molecule has 2 rings (SSSR count). The third-order valence-electron chi connectivity index (χ3n) is 3.92. The SMILES string of the molecule is CCN(CC)CCN1C(=O)CSC1c1ccc(OC)cc1. The van der Waals surface area contributed by atoms with Gasteiger partial charge in [0, 0.05) is 13.1 Å². The van der Waals surface area contributed by atoms with E-state index >= 15 is 0 Å². The van der Waals surface area contributed by atoms with Crippen molar-refractivity contribution in [3.05, 3.63) is 29.8 Å². The van der Waals surface area contributed by atoms with Gasteiger partial charge < -0.3 is 14.5 Å². The molecule has 0 spiro atoms. The molecule has 1 atom stereocenters. The van der Waals surface area contributed by atoms with Crippen LogP contribution in [0.4, 0.5) is 0 Å². The summed E-state index contributed by atoms with van der Waals surface area (Å²) in [6.07, 6.45) is 0. The van der Waals surface area contributed by atoms with Crippen LogP contribution in [0.2, 0.25) is 0 Å². The highest BCUT2D eigenvalue weighted by atomic mass is 32.2. The molecule has 0 aliphatic carbocycles. The molecule has 1 aromatic rings. The van der Waals surface area contributed by atoms with Crippen molar-refractivity contribution < 1.29 is 9.53 Å². The van der Waals surface area contributed by atoms with Crippen molar-refractivity contribution in [2.45, 2.75) is 19.2 Å². The summed E-state index contributed by atoms with van der Waals surface area (Å²) in [4.78, 5) is 16.5. The van der Waals surface area contributed by atoms with Crippen molar-refractivity contribution in [2.75, 3.05) is 39.0 Å². The zero-order valence-corrected chi connectivity index (χ0v) is 13.9. The molecular weight excluding hydrogens is 284 g/mol. The van der Waals surface area contributed by atoms with Gasteiger partial charge in [0.25, 0.3) is 0 Å². The van der Waals surface area contributed by atoms with E-state index in [4.69, 9.17) is 4.74 Å². The lowest BCUT2D eigenvalue weighted by Gasteiger charge is -2.27. The van der Waals surface area contributed by atoms with Gasteiger partial charge in [0.1, 0.15) is 11.1 Å². The Bertz CT molecular complexity index is 460. The summed E-state index contributed by atoms with van der Waals surface area (Å²) in [5, 5.41) is 0.138. The summed E-state index contributed by atoms with van der Waals surface area (Å²) >= 11 is 1.71. The number of hydrogen-bond acceptors (Lipinski definition) is 4. The molecule has 1 fully saturated rings. The fourth-order valence-electron chi connectivity index (χ4n) is 2.53. The molecule has 5 heteroatoms. The van der Waals surface area contributed by atoms with E-state index in [0.29, 0.717) is 5.75 Å². The lowest BCUT2D eigenvalue weighted by molar-refractivity contribution is -0.128. The standard InChI is InChI=1S/C16H24N2O2S/c1-4-17(5-2)10-11-18-15(19)12-21-16(18)13-6-8-14(20-3)9-7-13/h6-9,16H,4-5,10-12H2,1-3H3. The van der Waals surface area contributed by atoms with Gasteiger partial charge in [0.15, 0.2) is 0 Å². The smallest absolute Gasteiger partial charge is 0.233 e. The highest BCUT2D eigenvalue weighted by Gasteiger charge is 2.32. The van der Waals surface area contributed by atoms with Crippen molar-refractivity contribution in [3.8, 4) is 5.75 Å². The van der Waals surface area contributed by atoms with Crippen molar-refractivity contribution >= 4 is 17.7 Å². The molecule has 116 valence electrons. The van der Waals surface area contributed by atoms with Crippen LogP contribution in [0, 0.1) is 0 Å². The zero-order chi connectivity index (χ0) is 15.2. The van der Waals surface area contributed by atoms with Gasteiger partial charge in [-0.15, -0.1) is 11.8 Å². The van der Waals surface area contributed by atoms with Crippen LogP contribution in [0.5, 0.6) is 5.75 Å². The average Bonchev–Trinajstić information content (AvgIpc) is 2.89. The van der Waals surface area contributed by atoms with Crippen molar-refractivity contribution in [1.82, 2.24) is 9.80 Å². The van der Waals surface area contributed by atoms with Crippen molar-refractivity contribution in [3.63, 3.8) is 0 Å². The number of likely N-dealkylation sites (N-methyl/N-ethyl adjacent to an activating group) is 1. The number of thioether (sulfide) groups is 1. The summed E-state index contributed by atoms with van der Waals surface area (Å²) in [6.45, 7) is 8.10. The maximum atomic E-state index is 12.1. The Morgan fingerprint density at radius 3 is 2.52 bits per heavy atom. The van der Waals surface area contributed by atoms with Crippen LogP contribution in [0.25, 0.3) is 0 Å². The molecule has 1 aliphatic heterocycles. The van der Waals surface area contributed by atoms with Crippen LogP contribution in [0.3, 0.4) is 0 Å². The molecule has 1 aliphatic rings. The molecule has 0 aromatic heterocycles. The Hall–Kier alpha value is -1.20. The number of nitrogens with zero attached hydrogens (tertiary/aromatic N) is 2. The Morgan fingerprint density at radius 2 is 1.95 bits per heavy atom. The molecule has 1 amide bonds. The molecule has 1 heterocycles. The zero-order valence-electron chi connectivity index (χ0n) is 13.0. The summed E-state index contributed by atoms with van der Waals surface area (Å²) < 4.78 is 5.19. The van der Waals surface area contributed by atoms with E-state index in [1.807, 2.05) is 17.0 Å². The first-order chi connectivity index (χ1) is 10.2. The monoisotopic (exact) mass is 308 g/mol. The number of amides is 1. The number of methoxy groups -OCH3 is 1. The molecule has 1 saturated heterocycles. The van der Waals surface area contributed by atoms with Gasteiger partial charge in [-0.25, -0.2) is 0 Å². The van der Waals surface area contributed by atoms with Crippen molar-refractivity contribution in [2.24, 2.45) is 0 Å². The first-order valence-electron chi connectivity index (χ1n) is 7.47. The Kier molecular flexibility index (Phi) is 5.94. The number of carbonyl (C=O) groups excluding carboxylic acids is 1. The number of rotatable bonds is 7. The lowest BCUT2D eigenvalue weighted by atomic mass is 10.2. The number of benzene rings is 1. The molecule has 0 radical (unpaired) electrons. The Labute approximate surface area is 131 Å². The van der Waals surface area contributed by atoms with Gasteiger partial charge in [0.2, 0.25) is 5.91 Å². The van der Waals surface area contributed by atoms with E-state index < -0.39 is 0 Å². The fourth-order valence-corrected chi connectivity index (χ4v) is 3.75. The molecule has 21 heavy (non-hydrogen) atoms. The topological polar surface area (TPSA) is 32.8 Å². The highest BCUT2D eigenvalue weighted by molar-refractivity contribution is 8.00. The maximum absolute atomic E-state index is 12.1. The van der Waals surface area contributed by atoms with Crippen LogP contribution < -0.4 is 4.74 Å². The molecule has 4 nitrogen and oxygen atoms in total. The van der Waals surface area contributed by atoms with Crippen molar-refractivity contribution in [1.29, 1.82) is 0 Å². The van der Waals surface area contributed by atoms with Gasteiger partial charge in [-0.1, -0.05) is 26.0 Å². The highest BCUT2D eigenvalue weighted by Crippen LogP contribution is 2.38. The van der Waals surface area contributed by atoms with E-state index in [9.17, 15) is 4.79 Å². The average molecular weight is 308 g/mol. The molecule has 0 N–H and O–H groups in total. The second-order valence-electron chi connectivity index (χ2n) is 5.05. The second kappa shape index (κ2) is 7.71. The van der Waals surface area contributed by atoms with Crippen LogP contribution in [-0.2, 0) is 4.79 Å². The third-order valence-corrected chi connectivity index (χ3v) is 5.18. The molecule has 1 unspecified atom stereocenters. The van der Waals surface area contributed by atoms with E-state index in [2.05, 4.69) is 30.9 Å². The first-order valence-corrected chi connectivity index (χ1v) is 8.51. The van der Waals surface area contributed by atoms with E-state index in [0.717, 1.165) is 31.9 Å². The number of carbonyl (C=O) groups is 1. The predicted octanol–water partition coefficient (Wildman–Crippen LogP) is 2.61. The molecule has 1 aromatic carbocycles. The normalized spacial score (nSPS) is 18.6. The predicted molar refractivity (Wildman–Crippen MR) is 87.7 cm³/mol. The van der Waals surface area contributed by atoms with Crippen LogP contribution in [0.15, 0.2) is 24.3 Å². The van der Waals surface area contributed by atoms with Gasteiger partial charge in [0.05, 0.1) is 12.9 Å². The van der Waals surface area contributed by atoms with Gasteiger partial charge in [-0.3, -0.25) is 4.79 Å². The summed E-state index contributed by atoms with van der Waals surface area (Å²) in [5.74, 6) is 1.67. The molecular formula is C16H24N2O2S. The minimum Gasteiger partial charge on any atom is -0.497 e. The van der Waals surface area contributed by atoms with E-state index in [1.165, 1.54) is 5.56 Å². The summed E-state index contributed by atoms with van der Waals surface area (Å²) in [5.41, 5.74) is 1.17. The van der Waals surface area contributed by atoms with Gasteiger partial charge >= 0.3 is 0 Å². The van der Waals surface area contributed by atoms with E-state index in [-0.39, 0.29) is 11.3 Å². The summed E-state index contributed by atoms with van der Waals surface area (Å²) in [7, 11) is 1.67. The first kappa shape index (κ1) is 16.2. The third kappa shape index (κ3) is 3.92. The minimum atomic E-state index is 0.138. The quantitative estimate of drug-likeness (QED) is 0.775. The Balaban J connectivity index is 2.04. The Morgan fingerprint density at radius 1 is 1.29 bits per heavy atom.